The van der Waals surface area contributed by atoms with Crippen molar-refractivity contribution in [1.29, 1.82) is 0 Å². The fourth-order valence-electron chi connectivity index (χ4n) is 9.94. The monoisotopic (exact) mass is 1250 g/mol. The number of hydrogen-bond donors (Lipinski definition) is 3. The minimum atomic E-state index is -4.94. The molecular formula is C66H128O17P2. The van der Waals surface area contributed by atoms with Gasteiger partial charge in [-0.25, -0.2) is 9.13 Å². The van der Waals surface area contributed by atoms with E-state index in [9.17, 15) is 43.2 Å². The van der Waals surface area contributed by atoms with Crippen LogP contribution < -0.4 is 0 Å². The molecule has 0 saturated heterocycles. The lowest BCUT2D eigenvalue weighted by atomic mass is 10.0. The van der Waals surface area contributed by atoms with Crippen LogP contribution in [0.15, 0.2) is 0 Å². The van der Waals surface area contributed by atoms with Crippen LogP contribution in [-0.4, -0.2) is 96.7 Å². The standard InChI is InChI=1S/C66H128O17P2/c1-6-9-12-15-16-17-18-19-20-21-22-23-24-25-26-27-28-29-34-37-42-47-52-66(71)83-62(56-77-64(69)50-45-41-36-33-31-30-32-35-40-43-48-59(4)5)58-81-85(74,75)79-54-60(67)53-78-84(72,73)80-57-61(82-65(70)51-46-39-14-11-8-3)55-76-63(68)49-44-38-13-10-7-2/h59-62,67H,6-58H2,1-5H3,(H,72,73)(H,74,75)/t60-,61+,62+/m0/s1. The van der Waals surface area contributed by atoms with Crippen LogP contribution in [0, 0.1) is 5.92 Å². The second-order valence-corrected chi connectivity index (χ2v) is 27.2. The van der Waals surface area contributed by atoms with Gasteiger partial charge in [-0.3, -0.25) is 37.3 Å². The first-order valence-corrected chi connectivity index (χ1v) is 37.6. The summed E-state index contributed by atoms with van der Waals surface area (Å²) in [6.07, 6.45) is 45.6. The van der Waals surface area contributed by atoms with Gasteiger partial charge in [-0.05, 0) is 31.6 Å². The number of unbranched alkanes of at least 4 members (excludes halogenated alkanes) is 38. The fourth-order valence-corrected chi connectivity index (χ4v) is 11.5. The van der Waals surface area contributed by atoms with Crippen molar-refractivity contribution in [1.82, 2.24) is 0 Å². The van der Waals surface area contributed by atoms with Gasteiger partial charge in [0.1, 0.15) is 19.3 Å². The number of carbonyl (C=O) groups is 4. The molecule has 0 spiro atoms. The van der Waals surface area contributed by atoms with E-state index in [0.717, 1.165) is 102 Å². The lowest BCUT2D eigenvalue weighted by molar-refractivity contribution is -0.161. The van der Waals surface area contributed by atoms with E-state index in [1.807, 2.05) is 0 Å². The number of rotatable bonds is 66. The second kappa shape index (κ2) is 59.7. The van der Waals surface area contributed by atoms with Gasteiger partial charge in [-0.15, -0.1) is 0 Å². The van der Waals surface area contributed by atoms with Crippen LogP contribution in [0.1, 0.15) is 336 Å². The maximum atomic E-state index is 13.0. The third-order valence-electron chi connectivity index (χ3n) is 15.3. The molecule has 5 atom stereocenters. The van der Waals surface area contributed by atoms with Gasteiger partial charge in [0.25, 0.3) is 0 Å². The molecular weight excluding hydrogens is 1130 g/mol. The first kappa shape index (κ1) is 83.1. The highest BCUT2D eigenvalue weighted by atomic mass is 31.2. The number of phosphoric acid groups is 2. The summed E-state index contributed by atoms with van der Waals surface area (Å²) in [5, 5.41) is 10.5. The summed E-state index contributed by atoms with van der Waals surface area (Å²) in [6, 6.07) is 0. The van der Waals surface area contributed by atoms with Crippen molar-refractivity contribution >= 4 is 39.5 Å². The summed E-state index contributed by atoms with van der Waals surface area (Å²) >= 11 is 0. The molecule has 0 aromatic rings. The highest BCUT2D eigenvalue weighted by Gasteiger charge is 2.30. The molecule has 2 unspecified atom stereocenters. The SMILES string of the molecule is CCCCCCCCCCCCCCCCCCCCCCCCC(=O)O[C@H](COC(=O)CCCCCCCCCCCCC(C)C)COP(=O)(O)OC[C@@H](O)COP(=O)(O)OC[C@@H](COC(=O)CCCCCCC)OC(=O)CCCCCCC. The van der Waals surface area contributed by atoms with Crippen LogP contribution >= 0.6 is 15.6 Å². The minimum absolute atomic E-state index is 0.0989. The summed E-state index contributed by atoms with van der Waals surface area (Å²) in [5.74, 6) is -1.40. The first-order valence-electron chi connectivity index (χ1n) is 34.6. The minimum Gasteiger partial charge on any atom is -0.462 e. The Morgan fingerprint density at radius 1 is 0.318 bits per heavy atom. The molecule has 0 aromatic heterocycles. The molecule has 3 N–H and O–H groups in total. The number of carbonyl (C=O) groups excluding carboxylic acids is 4. The van der Waals surface area contributed by atoms with Gasteiger partial charge in [-0.1, -0.05) is 285 Å². The molecule has 0 aliphatic heterocycles. The predicted molar refractivity (Wildman–Crippen MR) is 340 cm³/mol. The molecule has 0 amide bonds. The van der Waals surface area contributed by atoms with Gasteiger partial charge in [0.2, 0.25) is 0 Å². The van der Waals surface area contributed by atoms with E-state index >= 15 is 0 Å². The number of aliphatic hydroxyl groups is 1. The largest absolute Gasteiger partial charge is 0.472 e. The quantitative estimate of drug-likeness (QED) is 0.0222. The molecule has 504 valence electrons. The van der Waals surface area contributed by atoms with E-state index in [2.05, 4.69) is 34.6 Å². The van der Waals surface area contributed by atoms with E-state index in [1.54, 1.807) is 0 Å². The van der Waals surface area contributed by atoms with Crippen molar-refractivity contribution in [3.63, 3.8) is 0 Å². The van der Waals surface area contributed by atoms with Crippen LogP contribution in [0.25, 0.3) is 0 Å². The average molecular weight is 1260 g/mol. The highest BCUT2D eigenvalue weighted by molar-refractivity contribution is 7.47. The maximum Gasteiger partial charge on any atom is 0.472 e. The Hall–Kier alpha value is -1.94. The number of ether oxygens (including phenoxy) is 4. The Balaban J connectivity index is 5.02. The van der Waals surface area contributed by atoms with E-state index < -0.39 is 97.5 Å². The molecule has 0 heterocycles. The van der Waals surface area contributed by atoms with Crippen molar-refractivity contribution in [2.75, 3.05) is 39.6 Å². The summed E-state index contributed by atoms with van der Waals surface area (Å²) < 4.78 is 67.6. The van der Waals surface area contributed by atoms with Crippen LogP contribution in [0.3, 0.4) is 0 Å². The van der Waals surface area contributed by atoms with Crippen LogP contribution in [-0.2, 0) is 65.4 Å². The topological polar surface area (TPSA) is 237 Å². The zero-order valence-corrected chi connectivity index (χ0v) is 56.5. The number of phosphoric ester groups is 2. The molecule has 0 aliphatic rings. The molecule has 0 bridgehead atoms. The molecule has 0 aliphatic carbocycles. The summed E-state index contributed by atoms with van der Waals surface area (Å²) in [5.41, 5.74) is 0. The van der Waals surface area contributed by atoms with Crippen molar-refractivity contribution in [3.05, 3.63) is 0 Å². The summed E-state index contributed by atoms with van der Waals surface area (Å²) in [7, 11) is -9.87. The summed E-state index contributed by atoms with van der Waals surface area (Å²) in [4.78, 5) is 71.7. The molecule has 0 radical (unpaired) electrons. The van der Waals surface area contributed by atoms with Crippen molar-refractivity contribution in [2.45, 2.75) is 355 Å². The Morgan fingerprint density at radius 3 is 0.800 bits per heavy atom. The summed E-state index contributed by atoms with van der Waals surface area (Å²) in [6.45, 7) is 7.01. The smallest absolute Gasteiger partial charge is 0.462 e. The lowest BCUT2D eigenvalue weighted by Crippen LogP contribution is -2.30. The Kier molecular flexibility index (Phi) is 58.3. The van der Waals surface area contributed by atoms with E-state index in [-0.39, 0.29) is 25.7 Å². The maximum absolute atomic E-state index is 13.0. The molecule has 0 fully saturated rings. The molecule has 0 saturated carbocycles. The molecule has 17 nitrogen and oxygen atoms in total. The molecule has 0 rings (SSSR count). The van der Waals surface area contributed by atoms with E-state index in [1.165, 1.54) is 154 Å². The van der Waals surface area contributed by atoms with Gasteiger partial charge in [0.05, 0.1) is 26.4 Å². The second-order valence-electron chi connectivity index (χ2n) is 24.3. The van der Waals surface area contributed by atoms with Crippen LogP contribution in [0.4, 0.5) is 0 Å². The van der Waals surface area contributed by atoms with Crippen molar-refractivity contribution in [2.24, 2.45) is 5.92 Å². The Bertz CT molecular complexity index is 1650. The molecule has 85 heavy (non-hydrogen) atoms. The zero-order chi connectivity index (χ0) is 62.8. The van der Waals surface area contributed by atoms with Crippen molar-refractivity contribution < 1.29 is 80.2 Å². The lowest BCUT2D eigenvalue weighted by Gasteiger charge is -2.21. The predicted octanol–water partition coefficient (Wildman–Crippen LogP) is 18.6. The van der Waals surface area contributed by atoms with Crippen molar-refractivity contribution in [3.8, 4) is 0 Å². The van der Waals surface area contributed by atoms with E-state index in [4.69, 9.17) is 37.0 Å². The van der Waals surface area contributed by atoms with Gasteiger partial charge in [0, 0.05) is 25.7 Å². The number of aliphatic hydroxyl groups excluding tert-OH is 1. The van der Waals surface area contributed by atoms with E-state index in [0.29, 0.717) is 25.7 Å². The average Bonchev–Trinajstić information content (AvgIpc) is 3.51. The normalized spacial score (nSPS) is 14.2. The van der Waals surface area contributed by atoms with Gasteiger partial charge < -0.3 is 33.8 Å². The highest BCUT2D eigenvalue weighted by Crippen LogP contribution is 2.45. The first-order chi connectivity index (χ1) is 41.0. The van der Waals surface area contributed by atoms with Crippen LogP contribution in [0.2, 0.25) is 0 Å². The molecule has 0 aromatic carbocycles. The Morgan fingerprint density at radius 2 is 0.541 bits per heavy atom. The van der Waals surface area contributed by atoms with Gasteiger partial charge in [-0.2, -0.15) is 0 Å². The van der Waals surface area contributed by atoms with Crippen LogP contribution in [0.5, 0.6) is 0 Å². The fraction of sp³-hybridized carbons (Fsp3) is 0.939. The third-order valence-corrected chi connectivity index (χ3v) is 17.2. The van der Waals surface area contributed by atoms with Gasteiger partial charge in [0.15, 0.2) is 12.2 Å². The van der Waals surface area contributed by atoms with Gasteiger partial charge >= 0.3 is 39.5 Å². The molecule has 19 heteroatoms. The number of hydrogen-bond acceptors (Lipinski definition) is 15. The third kappa shape index (κ3) is 60.7. The Labute approximate surface area is 517 Å². The number of esters is 4. The zero-order valence-electron chi connectivity index (χ0n) is 54.7.